The number of phenolic OH excluding ortho intramolecular Hbond substituents is 1. The van der Waals surface area contributed by atoms with Crippen LogP contribution in [0.5, 0.6) is 11.5 Å². The lowest BCUT2D eigenvalue weighted by Gasteiger charge is -2.10. The summed E-state index contributed by atoms with van der Waals surface area (Å²) >= 11 is 0. The molecule has 2 rings (SSSR count). The van der Waals surface area contributed by atoms with Gasteiger partial charge in [-0.25, -0.2) is 0 Å². The third-order valence-electron chi connectivity index (χ3n) is 3.31. The molecule has 0 aliphatic heterocycles. The van der Waals surface area contributed by atoms with E-state index in [9.17, 15) is 5.11 Å². The monoisotopic (exact) mass is 265 g/mol. The number of hydrogen-bond acceptors (Lipinski definition) is 4. The quantitative estimate of drug-likeness (QED) is 0.673. The molecule has 0 amide bonds. The standard InChI is InChI=1S/C15H23NO3/c1-18-14-5-2-4-13(15(14)17)10-16-8-3-9-19-11-12-6-7-12/h2,4-5,12,16-17H,3,6-11H2,1H3. The van der Waals surface area contributed by atoms with Crippen molar-refractivity contribution in [2.75, 3.05) is 26.9 Å². The molecule has 0 aromatic heterocycles. The van der Waals surface area contributed by atoms with E-state index in [0.717, 1.165) is 37.7 Å². The minimum Gasteiger partial charge on any atom is -0.504 e. The first-order valence-electron chi connectivity index (χ1n) is 6.94. The van der Waals surface area contributed by atoms with E-state index in [-0.39, 0.29) is 5.75 Å². The summed E-state index contributed by atoms with van der Waals surface area (Å²) in [5.41, 5.74) is 0.859. The van der Waals surface area contributed by atoms with E-state index < -0.39 is 0 Å². The zero-order chi connectivity index (χ0) is 13.5. The lowest BCUT2D eigenvalue weighted by atomic mass is 10.2. The maximum atomic E-state index is 9.91. The molecule has 1 saturated carbocycles. The van der Waals surface area contributed by atoms with Crippen LogP contribution >= 0.6 is 0 Å². The average molecular weight is 265 g/mol. The van der Waals surface area contributed by atoms with E-state index in [1.54, 1.807) is 13.2 Å². The molecule has 0 bridgehead atoms. The van der Waals surface area contributed by atoms with Crippen LogP contribution in [-0.4, -0.2) is 32.0 Å². The van der Waals surface area contributed by atoms with Gasteiger partial charge in [0.2, 0.25) is 0 Å². The highest BCUT2D eigenvalue weighted by molar-refractivity contribution is 5.45. The second kappa shape index (κ2) is 7.36. The molecule has 1 aliphatic carbocycles. The van der Waals surface area contributed by atoms with Crippen molar-refractivity contribution in [3.05, 3.63) is 23.8 Å². The highest BCUT2D eigenvalue weighted by Gasteiger charge is 2.20. The Hall–Kier alpha value is -1.26. The molecule has 0 heterocycles. The third-order valence-corrected chi connectivity index (χ3v) is 3.31. The Labute approximate surface area is 114 Å². The van der Waals surface area contributed by atoms with Crippen LogP contribution in [0.1, 0.15) is 24.8 Å². The van der Waals surface area contributed by atoms with Crippen LogP contribution < -0.4 is 10.1 Å². The lowest BCUT2D eigenvalue weighted by Crippen LogP contribution is -2.16. The van der Waals surface area contributed by atoms with Gasteiger partial charge >= 0.3 is 0 Å². The normalized spacial score (nSPS) is 14.6. The molecule has 1 aromatic rings. The maximum absolute atomic E-state index is 9.91. The second-order valence-electron chi connectivity index (χ2n) is 5.02. The van der Waals surface area contributed by atoms with Gasteiger partial charge in [0.15, 0.2) is 11.5 Å². The Bertz CT molecular complexity index is 391. The summed E-state index contributed by atoms with van der Waals surface area (Å²) in [6, 6.07) is 5.54. The second-order valence-corrected chi connectivity index (χ2v) is 5.02. The number of benzene rings is 1. The van der Waals surface area contributed by atoms with E-state index in [2.05, 4.69) is 5.32 Å². The number of methoxy groups -OCH3 is 1. The van der Waals surface area contributed by atoms with Gasteiger partial charge in [0.25, 0.3) is 0 Å². The molecular weight excluding hydrogens is 242 g/mol. The molecule has 4 heteroatoms. The molecule has 0 radical (unpaired) electrons. The highest BCUT2D eigenvalue weighted by Crippen LogP contribution is 2.29. The van der Waals surface area contributed by atoms with Gasteiger partial charge in [-0.15, -0.1) is 0 Å². The van der Waals surface area contributed by atoms with Crippen molar-refractivity contribution in [3.63, 3.8) is 0 Å². The molecule has 0 spiro atoms. The first-order chi connectivity index (χ1) is 9.31. The van der Waals surface area contributed by atoms with Crippen LogP contribution in [0.4, 0.5) is 0 Å². The first kappa shape index (κ1) is 14.2. The summed E-state index contributed by atoms with van der Waals surface area (Å²) in [5.74, 6) is 1.58. The minimum atomic E-state index is 0.225. The number of para-hydroxylation sites is 1. The first-order valence-corrected chi connectivity index (χ1v) is 6.94. The van der Waals surface area contributed by atoms with Crippen LogP contribution in [0.25, 0.3) is 0 Å². The van der Waals surface area contributed by atoms with Gasteiger partial charge < -0.3 is 19.9 Å². The van der Waals surface area contributed by atoms with E-state index in [4.69, 9.17) is 9.47 Å². The number of hydrogen-bond donors (Lipinski definition) is 2. The van der Waals surface area contributed by atoms with Gasteiger partial charge in [-0.05, 0) is 37.8 Å². The van der Waals surface area contributed by atoms with Gasteiger partial charge in [0, 0.05) is 25.3 Å². The zero-order valence-electron chi connectivity index (χ0n) is 11.5. The van der Waals surface area contributed by atoms with E-state index in [1.165, 1.54) is 12.8 Å². The molecule has 106 valence electrons. The predicted octanol–water partition coefficient (Wildman–Crippen LogP) is 2.31. The molecule has 1 fully saturated rings. The van der Waals surface area contributed by atoms with Crippen molar-refractivity contribution in [2.45, 2.75) is 25.8 Å². The Balaban J connectivity index is 1.59. The van der Waals surface area contributed by atoms with Crippen LogP contribution in [0.3, 0.4) is 0 Å². The fourth-order valence-corrected chi connectivity index (χ4v) is 1.93. The summed E-state index contributed by atoms with van der Waals surface area (Å²) in [4.78, 5) is 0. The van der Waals surface area contributed by atoms with Crippen LogP contribution in [-0.2, 0) is 11.3 Å². The van der Waals surface area contributed by atoms with Crippen LogP contribution in [0, 0.1) is 5.92 Å². The molecule has 19 heavy (non-hydrogen) atoms. The summed E-state index contributed by atoms with van der Waals surface area (Å²) in [5, 5.41) is 13.2. The molecule has 1 aromatic carbocycles. The SMILES string of the molecule is COc1cccc(CNCCCOCC2CC2)c1O. The number of rotatable bonds is 9. The van der Waals surface area contributed by atoms with Crippen molar-refractivity contribution >= 4 is 0 Å². The Morgan fingerprint density at radius 3 is 2.95 bits per heavy atom. The molecule has 1 aliphatic rings. The number of aromatic hydroxyl groups is 1. The van der Waals surface area contributed by atoms with E-state index >= 15 is 0 Å². The Morgan fingerprint density at radius 1 is 1.37 bits per heavy atom. The van der Waals surface area contributed by atoms with Crippen molar-refractivity contribution in [1.82, 2.24) is 5.32 Å². The maximum Gasteiger partial charge on any atom is 0.162 e. The summed E-state index contributed by atoms with van der Waals surface area (Å²) in [7, 11) is 1.56. The van der Waals surface area contributed by atoms with Crippen molar-refractivity contribution in [1.29, 1.82) is 0 Å². The van der Waals surface area contributed by atoms with Gasteiger partial charge in [-0.3, -0.25) is 0 Å². The van der Waals surface area contributed by atoms with Gasteiger partial charge in [0.1, 0.15) is 0 Å². The summed E-state index contributed by atoms with van der Waals surface area (Å²) < 4.78 is 10.6. The molecule has 0 saturated heterocycles. The number of ether oxygens (including phenoxy) is 2. The molecule has 0 atom stereocenters. The van der Waals surface area contributed by atoms with Crippen LogP contribution in [0.2, 0.25) is 0 Å². The van der Waals surface area contributed by atoms with Gasteiger partial charge in [-0.1, -0.05) is 12.1 Å². The smallest absolute Gasteiger partial charge is 0.162 e. The van der Waals surface area contributed by atoms with Crippen LogP contribution in [0.15, 0.2) is 18.2 Å². The van der Waals surface area contributed by atoms with Crippen molar-refractivity contribution < 1.29 is 14.6 Å². The van der Waals surface area contributed by atoms with Crippen molar-refractivity contribution in [3.8, 4) is 11.5 Å². The summed E-state index contributed by atoms with van der Waals surface area (Å²) in [6.45, 7) is 3.28. The van der Waals surface area contributed by atoms with Gasteiger partial charge in [-0.2, -0.15) is 0 Å². The number of phenols is 1. The predicted molar refractivity (Wildman–Crippen MR) is 74.5 cm³/mol. The number of nitrogens with one attached hydrogen (secondary N) is 1. The lowest BCUT2D eigenvalue weighted by molar-refractivity contribution is 0.122. The third kappa shape index (κ3) is 4.73. The average Bonchev–Trinajstić information content (AvgIpc) is 3.23. The molecule has 0 unspecified atom stereocenters. The van der Waals surface area contributed by atoms with Crippen molar-refractivity contribution in [2.24, 2.45) is 5.92 Å². The fourth-order valence-electron chi connectivity index (χ4n) is 1.93. The minimum absolute atomic E-state index is 0.225. The Morgan fingerprint density at radius 2 is 2.21 bits per heavy atom. The Kier molecular flexibility index (Phi) is 5.48. The van der Waals surface area contributed by atoms with E-state index in [0.29, 0.717) is 12.3 Å². The van der Waals surface area contributed by atoms with E-state index in [1.807, 2.05) is 12.1 Å². The highest BCUT2D eigenvalue weighted by atomic mass is 16.5. The fraction of sp³-hybridized carbons (Fsp3) is 0.600. The molecule has 2 N–H and O–H groups in total. The largest absolute Gasteiger partial charge is 0.504 e. The molecular formula is C15H23NO3. The zero-order valence-corrected chi connectivity index (χ0v) is 11.5. The topological polar surface area (TPSA) is 50.7 Å². The van der Waals surface area contributed by atoms with Gasteiger partial charge in [0.05, 0.1) is 7.11 Å². The molecule has 4 nitrogen and oxygen atoms in total. The summed E-state index contributed by atoms with van der Waals surface area (Å²) in [6.07, 6.45) is 3.68.